The highest BCUT2D eigenvalue weighted by Gasteiger charge is 2.08. The number of halogens is 1. The van der Waals surface area contributed by atoms with E-state index < -0.39 is 5.91 Å². The standard InChI is InChI=1S/C15H14ClN3O2S/c16-12-6-2-1-5-11(12)9-22-10-14(20)18-19-15(21)13-7-3-4-8-17-13/h1-8H,9-10H2,(H,18,20)(H,19,21). The third-order valence-electron chi connectivity index (χ3n) is 2.66. The first-order valence-corrected chi connectivity index (χ1v) is 8.01. The molecule has 2 aromatic rings. The van der Waals surface area contributed by atoms with Crippen LogP contribution in [-0.2, 0) is 10.5 Å². The van der Waals surface area contributed by atoms with Crippen molar-refractivity contribution in [1.82, 2.24) is 15.8 Å². The number of aromatic nitrogens is 1. The van der Waals surface area contributed by atoms with Crippen LogP contribution in [0.3, 0.4) is 0 Å². The van der Waals surface area contributed by atoms with Gasteiger partial charge < -0.3 is 0 Å². The fourth-order valence-electron chi connectivity index (χ4n) is 1.59. The summed E-state index contributed by atoms with van der Waals surface area (Å²) in [6.45, 7) is 0. The lowest BCUT2D eigenvalue weighted by Crippen LogP contribution is -2.42. The molecule has 0 saturated carbocycles. The van der Waals surface area contributed by atoms with Gasteiger partial charge in [0.15, 0.2) is 0 Å². The van der Waals surface area contributed by atoms with Crippen molar-refractivity contribution >= 4 is 35.2 Å². The smallest absolute Gasteiger partial charge is 0.272 e. The molecule has 1 heterocycles. The van der Waals surface area contributed by atoms with Crippen LogP contribution in [0.5, 0.6) is 0 Å². The van der Waals surface area contributed by atoms with E-state index in [4.69, 9.17) is 11.6 Å². The molecular weight excluding hydrogens is 322 g/mol. The van der Waals surface area contributed by atoms with Crippen LogP contribution in [-0.4, -0.2) is 22.6 Å². The quantitative estimate of drug-likeness (QED) is 0.823. The minimum atomic E-state index is -0.454. The minimum absolute atomic E-state index is 0.216. The largest absolute Gasteiger partial charge is 0.288 e. The molecular formula is C15H14ClN3O2S. The maximum absolute atomic E-state index is 11.7. The van der Waals surface area contributed by atoms with Crippen LogP contribution in [0.1, 0.15) is 16.1 Å². The molecule has 0 aliphatic rings. The van der Waals surface area contributed by atoms with Crippen LogP contribution in [0, 0.1) is 0 Å². The SMILES string of the molecule is O=C(CSCc1ccccc1Cl)NNC(=O)c1ccccn1. The molecule has 22 heavy (non-hydrogen) atoms. The van der Waals surface area contributed by atoms with Crippen LogP contribution in [0.4, 0.5) is 0 Å². The molecule has 2 amide bonds. The Kier molecular flexibility index (Phi) is 6.24. The third kappa shape index (κ3) is 5.05. The van der Waals surface area contributed by atoms with Crippen LogP contribution in [0.15, 0.2) is 48.7 Å². The van der Waals surface area contributed by atoms with E-state index in [-0.39, 0.29) is 17.4 Å². The third-order valence-corrected chi connectivity index (χ3v) is 4.01. The fraction of sp³-hybridized carbons (Fsp3) is 0.133. The Labute approximate surface area is 137 Å². The lowest BCUT2D eigenvalue weighted by Gasteiger charge is -2.07. The van der Waals surface area contributed by atoms with E-state index in [1.807, 2.05) is 24.3 Å². The normalized spacial score (nSPS) is 10.0. The van der Waals surface area contributed by atoms with Gasteiger partial charge in [0.2, 0.25) is 5.91 Å². The second kappa shape index (κ2) is 8.41. The van der Waals surface area contributed by atoms with E-state index in [1.165, 1.54) is 18.0 Å². The molecule has 1 aromatic heterocycles. The lowest BCUT2D eigenvalue weighted by atomic mass is 10.2. The summed E-state index contributed by atoms with van der Waals surface area (Å²) in [5.41, 5.74) is 5.88. The Morgan fingerprint density at radius 2 is 1.86 bits per heavy atom. The van der Waals surface area contributed by atoms with Crippen molar-refractivity contribution in [2.24, 2.45) is 0 Å². The molecule has 1 aromatic carbocycles. The van der Waals surface area contributed by atoms with Gasteiger partial charge in [0, 0.05) is 17.0 Å². The molecule has 0 atom stereocenters. The number of nitrogens with zero attached hydrogens (tertiary/aromatic N) is 1. The van der Waals surface area contributed by atoms with Gasteiger partial charge in [-0.25, -0.2) is 0 Å². The lowest BCUT2D eigenvalue weighted by molar-refractivity contribution is -0.119. The van der Waals surface area contributed by atoms with Crippen molar-refractivity contribution in [3.8, 4) is 0 Å². The van der Waals surface area contributed by atoms with E-state index in [2.05, 4.69) is 15.8 Å². The van der Waals surface area contributed by atoms with Crippen molar-refractivity contribution in [2.75, 3.05) is 5.75 Å². The molecule has 0 radical (unpaired) electrons. The van der Waals surface area contributed by atoms with Crippen molar-refractivity contribution in [3.63, 3.8) is 0 Å². The summed E-state index contributed by atoms with van der Waals surface area (Å²) >= 11 is 7.44. The van der Waals surface area contributed by atoms with E-state index >= 15 is 0 Å². The molecule has 0 spiro atoms. The highest BCUT2D eigenvalue weighted by atomic mass is 35.5. The van der Waals surface area contributed by atoms with Gasteiger partial charge in [-0.15, -0.1) is 11.8 Å². The van der Waals surface area contributed by atoms with Gasteiger partial charge in [0.1, 0.15) is 5.69 Å². The number of amides is 2. The van der Waals surface area contributed by atoms with Crippen molar-refractivity contribution in [1.29, 1.82) is 0 Å². The number of hydrogen-bond donors (Lipinski definition) is 2. The van der Waals surface area contributed by atoms with Crippen molar-refractivity contribution in [3.05, 3.63) is 64.9 Å². The molecule has 0 bridgehead atoms. The van der Waals surface area contributed by atoms with Crippen LogP contribution in [0.2, 0.25) is 5.02 Å². The molecule has 0 fully saturated rings. The van der Waals surface area contributed by atoms with Gasteiger partial charge in [-0.05, 0) is 23.8 Å². The maximum atomic E-state index is 11.7. The number of thioether (sulfide) groups is 1. The zero-order valence-electron chi connectivity index (χ0n) is 11.6. The molecule has 2 N–H and O–H groups in total. The molecule has 0 unspecified atom stereocenters. The van der Waals surface area contributed by atoms with Crippen molar-refractivity contribution < 1.29 is 9.59 Å². The minimum Gasteiger partial charge on any atom is -0.272 e. The molecule has 5 nitrogen and oxygen atoms in total. The summed E-state index contributed by atoms with van der Waals surface area (Å²) in [4.78, 5) is 27.2. The summed E-state index contributed by atoms with van der Waals surface area (Å²) < 4.78 is 0. The predicted octanol–water partition coefficient (Wildman–Crippen LogP) is 2.43. The number of hydrogen-bond acceptors (Lipinski definition) is 4. The van der Waals surface area contributed by atoms with Crippen LogP contribution >= 0.6 is 23.4 Å². The highest BCUT2D eigenvalue weighted by molar-refractivity contribution is 7.99. The summed E-state index contributed by atoms with van der Waals surface area (Å²) in [6.07, 6.45) is 1.51. The Hall–Kier alpha value is -2.05. The summed E-state index contributed by atoms with van der Waals surface area (Å²) in [5.74, 6) is 0.0982. The van der Waals surface area contributed by atoms with E-state index in [1.54, 1.807) is 18.2 Å². The van der Waals surface area contributed by atoms with Crippen LogP contribution in [0.25, 0.3) is 0 Å². The van der Waals surface area contributed by atoms with E-state index in [9.17, 15) is 9.59 Å². The number of benzene rings is 1. The number of carbonyl (C=O) groups excluding carboxylic acids is 2. The number of rotatable bonds is 5. The number of pyridine rings is 1. The zero-order chi connectivity index (χ0) is 15.8. The van der Waals surface area contributed by atoms with Gasteiger partial charge >= 0.3 is 0 Å². The van der Waals surface area contributed by atoms with E-state index in [0.29, 0.717) is 10.8 Å². The Balaban J connectivity index is 1.70. The average Bonchev–Trinajstić information content (AvgIpc) is 2.55. The molecule has 0 aliphatic heterocycles. The molecule has 2 rings (SSSR count). The van der Waals surface area contributed by atoms with E-state index in [0.717, 1.165) is 5.56 Å². The van der Waals surface area contributed by atoms with Gasteiger partial charge in [0.25, 0.3) is 5.91 Å². The number of nitrogens with one attached hydrogen (secondary N) is 2. The predicted molar refractivity (Wildman–Crippen MR) is 87.5 cm³/mol. The summed E-state index contributed by atoms with van der Waals surface area (Å²) in [5, 5.41) is 0.680. The first kappa shape index (κ1) is 16.3. The molecule has 114 valence electrons. The molecule has 0 saturated heterocycles. The zero-order valence-corrected chi connectivity index (χ0v) is 13.2. The maximum Gasteiger partial charge on any atom is 0.288 e. The molecule has 7 heteroatoms. The van der Waals surface area contributed by atoms with Gasteiger partial charge in [0.05, 0.1) is 5.75 Å². The van der Waals surface area contributed by atoms with Gasteiger partial charge in [-0.1, -0.05) is 35.9 Å². The summed E-state index contributed by atoms with van der Waals surface area (Å²) in [6, 6.07) is 12.4. The fourth-order valence-corrected chi connectivity index (χ4v) is 2.71. The van der Waals surface area contributed by atoms with Crippen LogP contribution < -0.4 is 10.9 Å². The number of hydrazine groups is 1. The number of carbonyl (C=O) groups is 2. The van der Waals surface area contributed by atoms with Gasteiger partial charge in [-0.2, -0.15) is 0 Å². The van der Waals surface area contributed by atoms with Crippen molar-refractivity contribution in [2.45, 2.75) is 5.75 Å². The monoisotopic (exact) mass is 335 g/mol. The first-order chi connectivity index (χ1) is 10.7. The average molecular weight is 336 g/mol. The summed E-state index contributed by atoms with van der Waals surface area (Å²) in [7, 11) is 0. The second-order valence-electron chi connectivity index (χ2n) is 4.30. The Morgan fingerprint density at radius 3 is 2.59 bits per heavy atom. The van der Waals surface area contributed by atoms with Gasteiger partial charge in [-0.3, -0.25) is 25.4 Å². The second-order valence-corrected chi connectivity index (χ2v) is 5.69. The highest BCUT2D eigenvalue weighted by Crippen LogP contribution is 2.20. The molecule has 0 aliphatic carbocycles. The topological polar surface area (TPSA) is 71.1 Å². The Morgan fingerprint density at radius 1 is 1.09 bits per heavy atom. The first-order valence-electron chi connectivity index (χ1n) is 6.48. The Bertz CT molecular complexity index is 652.